The lowest BCUT2D eigenvalue weighted by Crippen LogP contribution is -2.21. The summed E-state index contributed by atoms with van der Waals surface area (Å²) in [6.45, 7) is 7.92. The number of rotatable bonds is 9. The second-order valence-electron chi connectivity index (χ2n) is 6.98. The van der Waals surface area contributed by atoms with Gasteiger partial charge in [0.15, 0.2) is 0 Å². The normalized spacial score (nSPS) is 11.6. The summed E-state index contributed by atoms with van der Waals surface area (Å²) in [5.41, 5.74) is 2.25. The van der Waals surface area contributed by atoms with Crippen LogP contribution in [0.15, 0.2) is 48.5 Å². The first kappa shape index (κ1) is 21.3. The van der Waals surface area contributed by atoms with E-state index in [2.05, 4.69) is 22.9 Å². The van der Waals surface area contributed by atoms with E-state index in [0.29, 0.717) is 0 Å². The first-order valence-corrected chi connectivity index (χ1v) is 9.58. The van der Waals surface area contributed by atoms with Gasteiger partial charge in [0.05, 0.1) is 12.6 Å². The predicted octanol–water partition coefficient (Wildman–Crippen LogP) is 4.51. The minimum absolute atomic E-state index is 0.0272. The van der Waals surface area contributed by atoms with Crippen molar-refractivity contribution in [2.45, 2.75) is 40.2 Å². The van der Waals surface area contributed by atoms with E-state index in [1.54, 1.807) is 12.1 Å². The van der Waals surface area contributed by atoms with Gasteiger partial charge in [-0.2, -0.15) is 0 Å². The highest BCUT2D eigenvalue weighted by Gasteiger charge is 2.07. The van der Waals surface area contributed by atoms with Gasteiger partial charge in [-0.15, -0.1) is 0 Å². The SMILES string of the molecule is CCC(C)Oc1ccc(NC(=O)CNc2ccc(NC(=O)C(C)C)cc2)cc1. The van der Waals surface area contributed by atoms with Gasteiger partial charge in [-0.25, -0.2) is 0 Å². The van der Waals surface area contributed by atoms with Gasteiger partial charge in [0.2, 0.25) is 11.8 Å². The second-order valence-corrected chi connectivity index (χ2v) is 6.98. The van der Waals surface area contributed by atoms with Gasteiger partial charge in [-0.3, -0.25) is 9.59 Å². The molecule has 6 nitrogen and oxygen atoms in total. The van der Waals surface area contributed by atoms with Crippen molar-refractivity contribution in [3.05, 3.63) is 48.5 Å². The van der Waals surface area contributed by atoms with Crippen LogP contribution >= 0.6 is 0 Å². The molecule has 0 saturated carbocycles. The molecule has 2 aromatic carbocycles. The molecule has 1 atom stereocenters. The van der Waals surface area contributed by atoms with Crippen molar-refractivity contribution in [1.29, 1.82) is 0 Å². The zero-order chi connectivity index (χ0) is 20.5. The average molecular weight is 383 g/mol. The summed E-state index contributed by atoms with van der Waals surface area (Å²) < 4.78 is 5.72. The molecule has 0 radical (unpaired) electrons. The summed E-state index contributed by atoms with van der Waals surface area (Å²) in [5, 5.41) is 8.74. The Morgan fingerprint density at radius 2 is 1.39 bits per heavy atom. The van der Waals surface area contributed by atoms with Crippen LogP contribution in [0, 0.1) is 5.92 Å². The third-order valence-corrected chi connectivity index (χ3v) is 4.18. The molecule has 0 aliphatic carbocycles. The Balaban J connectivity index is 1.79. The Kier molecular flexibility index (Phi) is 7.87. The van der Waals surface area contributed by atoms with Crippen LogP contribution in [0.25, 0.3) is 0 Å². The lowest BCUT2D eigenvalue weighted by Gasteiger charge is -2.13. The number of ether oxygens (including phenoxy) is 1. The summed E-state index contributed by atoms with van der Waals surface area (Å²) in [5.74, 6) is 0.542. The fourth-order valence-electron chi connectivity index (χ4n) is 2.28. The number of carbonyl (C=O) groups excluding carboxylic acids is 2. The molecule has 2 aromatic rings. The third-order valence-electron chi connectivity index (χ3n) is 4.18. The van der Waals surface area contributed by atoms with E-state index in [1.807, 2.05) is 57.2 Å². The molecular weight excluding hydrogens is 354 g/mol. The number of amides is 2. The molecule has 0 aliphatic rings. The molecule has 3 N–H and O–H groups in total. The molecule has 0 fully saturated rings. The maximum absolute atomic E-state index is 12.1. The minimum atomic E-state index is -0.146. The van der Waals surface area contributed by atoms with Crippen molar-refractivity contribution >= 4 is 28.9 Å². The van der Waals surface area contributed by atoms with Crippen LogP contribution in [-0.4, -0.2) is 24.5 Å². The van der Waals surface area contributed by atoms with Crippen molar-refractivity contribution in [1.82, 2.24) is 0 Å². The van der Waals surface area contributed by atoms with E-state index < -0.39 is 0 Å². The van der Waals surface area contributed by atoms with Crippen LogP contribution in [0.1, 0.15) is 34.1 Å². The molecule has 2 amide bonds. The third kappa shape index (κ3) is 6.95. The molecule has 28 heavy (non-hydrogen) atoms. The van der Waals surface area contributed by atoms with E-state index >= 15 is 0 Å². The van der Waals surface area contributed by atoms with Crippen molar-refractivity contribution in [2.24, 2.45) is 5.92 Å². The molecule has 0 saturated heterocycles. The average Bonchev–Trinajstić information content (AvgIpc) is 2.68. The summed E-state index contributed by atoms with van der Waals surface area (Å²) in [4.78, 5) is 23.8. The number of benzene rings is 2. The predicted molar refractivity (Wildman–Crippen MR) is 114 cm³/mol. The summed E-state index contributed by atoms with van der Waals surface area (Å²) in [6, 6.07) is 14.6. The molecule has 0 aliphatic heterocycles. The molecule has 150 valence electrons. The highest BCUT2D eigenvalue weighted by Crippen LogP contribution is 2.18. The molecule has 1 unspecified atom stereocenters. The zero-order valence-electron chi connectivity index (χ0n) is 16.9. The van der Waals surface area contributed by atoms with Crippen LogP contribution in [0.3, 0.4) is 0 Å². The van der Waals surface area contributed by atoms with E-state index in [0.717, 1.165) is 29.2 Å². The van der Waals surface area contributed by atoms with Crippen molar-refractivity contribution in [2.75, 3.05) is 22.5 Å². The number of hydrogen-bond donors (Lipinski definition) is 3. The number of anilines is 3. The zero-order valence-corrected chi connectivity index (χ0v) is 16.9. The number of nitrogens with one attached hydrogen (secondary N) is 3. The van der Waals surface area contributed by atoms with Gasteiger partial charge >= 0.3 is 0 Å². The highest BCUT2D eigenvalue weighted by atomic mass is 16.5. The van der Waals surface area contributed by atoms with Crippen molar-refractivity contribution < 1.29 is 14.3 Å². The van der Waals surface area contributed by atoms with Gasteiger partial charge in [0, 0.05) is 23.0 Å². The molecule has 6 heteroatoms. The van der Waals surface area contributed by atoms with Crippen LogP contribution in [-0.2, 0) is 9.59 Å². The molecule has 2 rings (SSSR count). The Labute approximate surface area is 166 Å². The summed E-state index contributed by atoms with van der Waals surface area (Å²) in [6.07, 6.45) is 1.10. The smallest absolute Gasteiger partial charge is 0.243 e. The maximum atomic E-state index is 12.1. The van der Waals surface area contributed by atoms with Gasteiger partial charge in [0.1, 0.15) is 5.75 Å². The van der Waals surface area contributed by atoms with Crippen LogP contribution in [0.5, 0.6) is 5.75 Å². The van der Waals surface area contributed by atoms with Crippen LogP contribution in [0.2, 0.25) is 0 Å². The Morgan fingerprint density at radius 3 is 1.96 bits per heavy atom. The quantitative estimate of drug-likeness (QED) is 0.595. The van der Waals surface area contributed by atoms with E-state index in [1.165, 1.54) is 0 Å². The molecular formula is C22H29N3O3. The lowest BCUT2D eigenvalue weighted by atomic mass is 10.2. The van der Waals surface area contributed by atoms with Crippen molar-refractivity contribution in [3.63, 3.8) is 0 Å². The number of carbonyl (C=O) groups is 2. The van der Waals surface area contributed by atoms with Gasteiger partial charge in [-0.05, 0) is 61.9 Å². The molecule has 0 spiro atoms. The Hall–Kier alpha value is -3.02. The summed E-state index contributed by atoms with van der Waals surface area (Å²) in [7, 11) is 0. The molecule has 0 heterocycles. The first-order valence-electron chi connectivity index (χ1n) is 9.58. The van der Waals surface area contributed by atoms with Crippen molar-refractivity contribution in [3.8, 4) is 5.75 Å². The first-order chi connectivity index (χ1) is 13.4. The standard InChI is InChI=1S/C22H29N3O3/c1-5-16(4)28-20-12-10-18(11-13-20)24-21(26)14-23-17-6-8-19(9-7-17)25-22(27)15(2)3/h6-13,15-16,23H,5,14H2,1-4H3,(H,24,26)(H,25,27). The van der Waals surface area contributed by atoms with Gasteiger partial charge < -0.3 is 20.7 Å². The van der Waals surface area contributed by atoms with Gasteiger partial charge in [0.25, 0.3) is 0 Å². The summed E-state index contributed by atoms with van der Waals surface area (Å²) >= 11 is 0. The highest BCUT2D eigenvalue weighted by molar-refractivity contribution is 5.94. The topological polar surface area (TPSA) is 79.5 Å². The lowest BCUT2D eigenvalue weighted by molar-refractivity contribution is -0.119. The van der Waals surface area contributed by atoms with Crippen LogP contribution < -0.4 is 20.7 Å². The monoisotopic (exact) mass is 383 g/mol. The fourth-order valence-corrected chi connectivity index (χ4v) is 2.28. The number of hydrogen-bond acceptors (Lipinski definition) is 4. The van der Waals surface area contributed by atoms with E-state index in [9.17, 15) is 9.59 Å². The largest absolute Gasteiger partial charge is 0.491 e. The molecule has 0 aromatic heterocycles. The van der Waals surface area contributed by atoms with Gasteiger partial charge in [-0.1, -0.05) is 20.8 Å². The Morgan fingerprint density at radius 1 is 0.857 bits per heavy atom. The fraction of sp³-hybridized carbons (Fsp3) is 0.364. The minimum Gasteiger partial charge on any atom is -0.491 e. The van der Waals surface area contributed by atoms with E-state index in [4.69, 9.17) is 4.74 Å². The second kappa shape index (κ2) is 10.3. The Bertz CT molecular complexity index is 771. The molecule has 0 bridgehead atoms. The van der Waals surface area contributed by atoms with E-state index in [-0.39, 0.29) is 30.4 Å². The maximum Gasteiger partial charge on any atom is 0.243 e. The van der Waals surface area contributed by atoms with Crippen LogP contribution in [0.4, 0.5) is 17.1 Å².